The van der Waals surface area contributed by atoms with Crippen molar-refractivity contribution in [1.29, 1.82) is 0 Å². The lowest BCUT2D eigenvalue weighted by Gasteiger charge is -2.33. The van der Waals surface area contributed by atoms with E-state index in [2.05, 4.69) is 22.0 Å². The molecule has 0 bridgehead atoms. The van der Waals surface area contributed by atoms with Gasteiger partial charge in [0.15, 0.2) is 11.5 Å². The Morgan fingerprint density at radius 2 is 2.38 bits per heavy atom. The van der Waals surface area contributed by atoms with E-state index in [1.807, 2.05) is 0 Å². The Kier molecular flexibility index (Phi) is 3.00. The third-order valence-electron chi connectivity index (χ3n) is 2.56. The van der Waals surface area contributed by atoms with E-state index in [4.69, 9.17) is 10.5 Å². The van der Waals surface area contributed by atoms with Gasteiger partial charge in [-0.15, -0.1) is 10.2 Å². The minimum Gasteiger partial charge on any atom is -0.377 e. The van der Waals surface area contributed by atoms with Gasteiger partial charge in [0.2, 0.25) is 0 Å². The molecule has 2 heterocycles. The smallest absolute Gasteiger partial charge is 0.269 e. The summed E-state index contributed by atoms with van der Waals surface area (Å²) < 4.78 is 5.33. The molecule has 1 saturated heterocycles. The summed E-state index contributed by atoms with van der Waals surface area (Å²) in [6.07, 6.45) is 0. The number of hydrogen-bond donors (Lipinski definition) is 1. The van der Waals surface area contributed by atoms with Gasteiger partial charge in [0.1, 0.15) is 0 Å². The highest BCUT2D eigenvalue weighted by molar-refractivity contribution is 5.90. The highest BCUT2D eigenvalue weighted by atomic mass is 16.5. The molecular weight excluding hydrogens is 208 g/mol. The van der Waals surface area contributed by atoms with Crippen LogP contribution in [0, 0.1) is 0 Å². The van der Waals surface area contributed by atoms with Crippen LogP contribution in [0.15, 0.2) is 12.1 Å². The summed E-state index contributed by atoms with van der Waals surface area (Å²) in [6.45, 7) is 4.21. The first-order valence-corrected chi connectivity index (χ1v) is 5.16. The van der Waals surface area contributed by atoms with Crippen molar-refractivity contribution < 1.29 is 9.53 Å². The molecule has 1 unspecified atom stereocenters. The molecule has 0 aliphatic carbocycles. The average molecular weight is 222 g/mol. The van der Waals surface area contributed by atoms with Gasteiger partial charge in [0.05, 0.1) is 19.3 Å². The van der Waals surface area contributed by atoms with Crippen LogP contribution in [0.3, 0.4) is 0 Å². The van der Waals surface area contributed by atoms with Crippen LogP contribution in [-0.2, 0) is 4.74 Å². The lowest BCUT2D eigenvalue weighted by Crippen LogP contribution is -2.44. The van der Waals surface area contributed by atoms with E-state index < -0.39 is 5.91 Å². The zero-order valence-electron chi connectivity index (χ0n) is 9.09. The van der Waals surface area contributed by atoms with Gasteiger partial charge in [-0.25, -0.2) is 0 Å². The van der Waals surface area contributed by atoms with Gasteiger partial charge in [0.25, 0.3) is 5.91 Å². The van der Waals surface area contributed by atoms with Gasteiger partial charge >= 0.3 is 0 Å². The zero-order valence-corrected chi connectivity index (χ0v) is 9.09. The molecule has 6 heteroatoms. The summed E-state index contributed by atoms with van der Waals surface area (Å²) in [5, 5.41) is 7.77. The van der Waals surface area contributed by atoms with Crippen molar-refractivity contribution in [2.45, 2.75) is 13.0 Å². The fourth-order valence-corrected chi connectivity index (χ4v) is 1.68. The standard InChI is InChI=1S/C10H14N4O2/c1-7-6-16-5-4-14(7)9-3-2-8(10(11)15)12-13-9/h2-3,7H,4-6H2,1H3,(H2,11,15). The summed E-state index contributed by atoms with van der Waals surface area (Å²) in [5.74, 6) is 0.190. The number of carbonyl (C=O) groups is 1. The Labute approximate surface area is 93.4 Å². The molecule has 2 N–H and O–H groups in total. The van der Waals surface area contributed by atoms with Crippen LogP contribution in [0.2, 0.25) is 0 Å². The number of hydrogen-bond acceptors (Lipinski definition) is 5. The minimum atomic E-state index is -0.561. The van der Waals surface area contributed by atoms with E-state index in [1.54, 1.807) is 12.1 Å². The molecule has 1 aliphatic rings. The molecule has 0 aromatic carbocycles. The number of carbonyl (C=O) groups excluding carboxylic acids is 1. The largest absolute Gasteiger partial charge is 0.377 e. The molecule has 1 atom stereocenters. The van der Waals surface area contributed by atoms with Crippen molar-refractivity contribution in [3.63, 3.8) is 0 Å². The second-order valence-corrected chi connectivity index (χ2v) is 3.76. The van der Waals surface area contributed by atoms with Crippen LogP contribution in [-0.4, -0.2) is 41.9 Å². The third kappa shape index (κ3) is 2.11. The molecular formula is C10H14N4O2. The highest BCUT2D eigenvalue weighted by Gasteiger charge is 2.20. The molecule has 6 nitrogen and oxygen atoms in total. The number of ether oxygens (including phenoxy) is 1. The Morgan fingerprint density at radius 3 is 2.94 bits per heavy atom. The normalized spacial score (nSPS) is 20.8. The number of nitrogens with two attached hydrogens (primary N) is 1. The van der Waals surface area contributed by atoms with Crippen molar-refractivity contribution in [3.05, 3.63) is 17.8 Å². The average Bonchev–Trinajstić information content (AvgIpc) is 2.30. The fraction of sp³-hybridized carbons (Fsp3) is 0.500. The Hall–Kier alpha value is -1.69. The topological polar surface area (TPSA) is 81.3 Å². The number of aromatic nitrogens is 2. The van der Waals surface area contributed by atoms with Crippen LogP contribution in [0.1, 0.15) is 17.4 Å². The van der Waals surface area contributed by atoms with Crippen molar-refractivity contribution in [2.24, 2.45) is 5.73 Å². The van der Waals surface area contributed by atoms with E-state index >= 15 is 0 Å². The Morgan fingerprint density at radius 1 is 1.56 bits per heavy atom. The van der Waals surface area contributed by atoms with Gasteiger partial charge in [-0.3, -0.25) is 4.79 Å². The maximum Gasteiger partial charge on any atom is 0.269 e. The first-order valence-electron chi connectivity index (χ1n) is 5.16. The van der Waals surface area contributed by atoms with Crippen LogP contribution in [0.5, 0.6) is 0 Å². The second-order valence-electron chi connectivity index (χ2n) is 3.76. The lowest BCUT2D eigenvalue weighted by molar-refractivity contribution is 0.0979. The van der Waals surface area contributed by atoms with Crippen LogP contribution >= 0.6 is 0 Å². The molecule has 1 amide bonds. The molecule has 1 aromatic heterocycles. The summed E-state index contributed by atoms with van der Waals surface area (Å²) in [5.41, 5.74) is 5.28. The predicted molar refractivity (Wildman–Crippen MR) is 58.2 cm³/mol. The van der Waals surface area contributed by atoms with Crippen molar-refractivity contribution >= 4 is 11.7 Å². The number of amides is 1. The predicted octanol–water partition coefficient (Wildman–Crippen LogP) is -0.199. The maximum atomic E-state index is 10.8. The quantitative estimate of drug-likeness (QED) is 0.749. The van der Waals surface area contributed by atoms with Crippen LogP contribution in [0.25, 0.3) is 0 Å². The van der Waals surface area contributed by atoms with Gasteiger partial charge in [-0.1, -0.05) is 0 Å². The molecule has 0 radical (unpaired) electrons. The summed E-state index contributed by atoms with van der Waals surface area (Å²) in [6, 6.07) is 3.62. The monoisotopic (exact) mass is 222 g/mol. The maximum absolute atomic E-state index is 10.8. The van der Waals surface area contributed by atoms with Gasteiger partial charge < -0.3 is 15.4 Å². The molecule has 1 fully saturated rings. The highest BCUT2D eigenvalue weighted by Crippen LogP contribution is 2.15. The Bertz CT molecular complexity index is 379. The molecule has 16 heavy (non-hydrogen) atoms. The van der Waals surface area contributed by atoms with E-state index in [0.29, 0.717) is 13.2 Å². The van der Waals surface area contributed by atoms with Gasteiger partial charge in [0, 0.05) is 6.54 Å². The lowest BCUT2D eigenvalue weighted by atomic mass is 10.2. The molecule has 1 aliphatic heterocycles. The number of anilines is 1. The van der Waals surface area contributed by atoms with E-state index in [9.17, 15) is 4.79 Å². The van der Waals surface area contributed by atoms with Crippen molar-refractivity contribution in [1.82, 2.24) is 10.2 Å². The fourth-order valence-electron chi connectivity index (χ4n) is 1.68. The first kappa shape index (κ1) is 10.8. The minimum absolute atomic E-state index is 0.185. The number of rotatable bonds is 2. The second kappa shape index (κ2) is 4.44. The summed E-state index contributed by atoms with van der Waals surface area (Å²) in [7, 11) is 0. The zero-order chi connectivity index (χ0) is 11.5. The number of nitrogens with zero attached hydrogens (tertiary/aromatic N) is 3. The van der Waals surface area contributed by atoms with Crippen molar-refractivity contribution in [2.75, 3.05) is 24.7 Å². The van der Waals surface area contributed by atoms with E-state index in [0.717, 1.165) is 12.4 Å². The Balaban J connectivity index is 2.17. The summed E-state index contributed by atoms with van der Waals surface area (Å²) >= 11 is 0. The van der Waals surface area contributed by atoms with E-state index in [-0.39, 0.29) is 11.7 Å². The van der Waals surface area contributed by atoms with Gasteiger partial charge in [-0.2, -0.15) is 0 Å². The molecule has 0 saturated carbocycles. The van der Waals surface area contributed by atoms with E-state index in [1.165, 1.54) is 0 Å². The molecule has 2 rings (SSSR count). The molecule has 1 aromatic rings. The summed E-state index contributed by atoms with van der Waals surface area (Å²) in [4.78, 5) is 12.9. The van der Waals surface area contributed by atoms with Crippen molar-refractivity contribution in [3.8, 4) is 0 Å². The first-order chi connectivity index (χ1) is 7.68. The van der Waals surface area contributed by atoms with Gasteiger partial charge in [-0.05, 0) is 19.1 Å². The van der Waals surface area contributed by atoms with Crippen LogP contribution < -0.4 is 10.6 Å². The molecule has 0 spiro atoms. The molecule has 86 valence electrons. The third-order valence-corrected chi connectivity index (χ3v) is 2.56. The number of morpholine rings is 1. The SMILES string of the molecule is CC1COCCN1c1ccc(C(N)=O)nn1. The van der Waals surface area contributed by atoms with Crippen LogP contribution in [0.4, 0.5) is 5.82 Å². The number of primary amides is 1.